The molecule has 2 nitrogen and oxygen atoms in total. The Hall–Kier alpha value is -1.28. The smallest absolute Gasteiger partial charge is 0.330 e. The lowest BCUT2D eigenvalue weighted by Crippen LogP contribution is -2.12. The van der Waals surface area contributed by atoms with Crippen LogP contribution in [0.5, 0.6) is 0 Å². The number of alkyl halides is 1. The highest BCUT2D eigenvalue weighted by atomic mass is 35.5. The number of carbonyl (C=O) groups is 1. The Morgan fingerprint density at radius 2 is 2.00 bits per heavy atom. The van der Waals surface area contributed by atoms with Gasteiger partial charge in [0.15, 0.2) is 0 Å². The van der Waals surface area contributed by atoms with Crippen LogP contribution in [0.4, 0.5) is 0 Å². The number of rotatable bonds is 5. The van der Waals surface area contributed by atoms with Crippen LogP contribution in [0.25, 0.3) is 0 Å². The molecule has 0 aliphatic carbocycles. The first-order valence-electron chi connectivity index (χ1n) is 6.35. The van der Waals surface area contributed by atoms with Crippen LogP contribution in [0.15, 0.2) is 24.8 Å². The highest BCUT2D eigenvalue weighted by Gasteiger charge is 2.20. The van der Waals surface area contributed by atoms with Crippen LogP contribution < -0.4 is 0 Å². The lowest BCUT2D eigenvalue weighted by atomic mass is 9.90. The normalized spacial score (nSPS) is 11.2. The van der Waals surface area contributed by atoms with Crippen molar-refractivity contribution in [3.05, 3.63) is 47.0 Å². The van der Waals surface area contributed by atoms with Gasteiger partial charge >= 0.3 is 5.97 Å². The number of benzene rings is 1. The van der Waals surface area contributed by atoms with E-state index in [9.17, 15) is 4.79 Å². The van der Waals surface area contributed by atoms with Crippen molar-refractivity contribution in [1.29, 1.82) is 0 Å². The summed E-state index contributed by atoms with van der Waals surface area (Å²) < 4.78 is 5.00. The Morgan fingerprint density at radius 3 is 2.53 bits per heavy atom. The van der Waals surface area contributed by atoms with Crippen molar-refractivity contribution in [2.45, 2.75) is 39.0 Å². The van der Waals surface area contributed by atoms with Crippen molar-refractivity contribution in [1.82, 2.24) is 0 Å². The molecule has 0 unspecified atom stereocenters. The van der Waals surface area contributed by atoms with E-state index in [0.717, 1.165) is 5.56 Å². The van der Waals surface area contributed by atoms with Crippen molar-refractivity contribution in [3.63, 3.8) is 0 Å². The van der Waals surface area contributed by atoms with Crippen LogP contribution in [-0.4, -0.2) is 12.6 Å². The molecule has 0 saturated heterocycles. The summed E-state index contributed by atoms with van der Waals surface area (Å²) in [6.07, 6.45) is 1.88. The number of ether oxygens (including phenoxy) is 1. The molecule has 0 spiro atoms. The van der Waals surface area contributed by atoms with Gasteiger partial charge in [-0.05, 0) is 49.9 Å². The molecule has 0 N–H and O–H groups in total. The summed E-state index contributed by atoms with van der Waals surface area (Å²) in [4.78, 5) is 10.6. The highest BCUT2D eigenvalue weighted by Crippen LogP contribution is 2.32. The molecule has 0 radical (unpaired) electrons. The van der Waals surface area contributed by atoms with Gasteiger partial charge in [-0.25, -0.2) is 4.79 Å². The minimum Gasteiger partial charge on any atom is -0.462 e. The van der Waals surface area contributed by atoms with Gasteiger partial charge in [0.2, 0.25) is 0 Å². The number of hydrogen-bond acceptors (Lipinski definition) is 2. The third-order valence-corrected chi connectivity index (χ3v) is 3.53. The van der Waals surface area contributed by atoms with Crippen LogP contribution in [0.1, 0.15) is 36.1 Å². The van der Waals surface area contributed by atoms with E-state index in [1.807, 2.05) is 13.8 Å². The standard InChI is InChI=1S/C16H21ClO2/c1-6-15(18)19-10-9-13-7-8-14(16(4,5)17)12(3)11(13)2/h6-8H,1,9-10H2,2-5H3. The second-order valence-electron chi connectivity index (χ2n) is 5.12. The molecule has 1 aromatic carbocycles. The van der Waals surface area contributed by atoms with E-state index in [-0.39, 0.29) is 10.8 Å². The van der Waals surface area contributed by atoms with Crippen molar-refractivity contribution >= 4 is 17.6 Å². The number of esters is 1. The zero-order chi connectivity index (χ0) is 14.6. The molecule has 0 saturated carbocycles. The van der Waals surface area contributed by atoms with Gasteiger partial charge in [-0.2, -0.15) is 0 Å². The summed E-state index contributed by atoms with van der Waals surface area (Å²) in [7, 11) is 0. The Bertz CT molecular complexity index is 484. The molecule has 0 heterocycles. The van der Waals surface area contributed by atoms with Crippen LogP contribution in [-0.2, 0) is 20.8 Å². The van der Waals surface area contributed by atoms with Gasteiger partial charge in [0.05, 0.1) is 11.5 Å². The maximum atomic E-state index is 11.0. The molecular weight excluding hydrogens is 260 g/mol. The van der Waals surface area contributed by atoms with Gasteiger partial charge in [-0.3, -0.25) is 0 Å². The largest absolute Gasteiger partial charge is 0.462 e. The third-order valence-electron chi connectivity index (χ3n) is 3.32. The molecule has 3 heteroatoms. The van der Waals surface area contributed by atoms with Crippen LogP contribution in [0.2, 0.25) is 0 Å². The molecule has 0 atom stereocenters. The van der Waals surface area contributed by atoms with Crippen molar-refractivity contribution < 1.29 is 9.53 Å². The fourth-order valence-corrected chi connectivity index (χ4v) is 2.32. The Kier molecular flexibility index (Phi) is 5.19. The summed E-state index contributed by atoms with van der Waals surface area (Å²) in [6, 6.07) is 4.11. The van der Waals surface area contributed by atoms with E-state index in [1.54, 1.807) is 0 Å². The van der Waals surface area contributed by atoms with Crippen LogP contribution in [0.3, 0.4) is 0 Å². The van der Waals surface area contributed by atoms with E-state index in [0.29, 0.717) is 13.0 Å². The predicted octanol–water partition coefficient (Wildman–Crippen LogP) is 4.05. The topological polar surface area (TPSA) is 26.3 Å². The summed E-state index contributed by atoms with van der Waals surface area (Å²) in [5, 5.41) is 0. The third kappa shape index (κ3) is 4.10. The summed E-state index contributed by atoms with van der Waals surface area (Å²) in [5.41, 5.74) is 4.73. The van der Waals surface area contributed by atoms with Gasteiger partial charge in [0, 0.05) is 12.5 Å². The quantitative estimate of drug-likeness (QED) is 0.462. The molecule has 104 valence electrons. The van der Waals surface area contributed by atoms with Crippen LogP contribution >= 0.6 is 11.6 Å². The van der Waals surface area contributed by atoms with Gasteiger partial charge in [0.1, 0.15) is 0 Å². The zero-order valence-electron chi connectivity index (χ0n) is 12.0. The minimum atomic E-state index is -0.382. The summed E-state index contributed by atoms with van der Waals surface area (Å²) in [5.74, 6) is -0.382. The second kappa shape index (κ2) is 6.25. The first kappa shape index (κ1) is 15.8. The molecule has 0 aromatic heterocycles. The van der Waals surface area contributed by atoms with Crippen molar-refractivity contribution in [3.8, 4) is 0 Å². The highest BCUT2D eigenvalue weighted by molar-refractivity contribution is 6.23. The molecule has 0 aliphatic rings. The minimum absolute atomic E-state index is 0.370. The Morgan fingerprint density at radius 1 is 1.37 bits per heavy atom. The van der Waals surface area contributed by atoms with E-state index in [4.69, 9.17) is 16.3 Å². The molecule has 0 aliphatic heterocycles. The molecule has 0 fully saturated rings. The molecule has 0 bridgehead atoms. The Labute approximate surface area is 120 Å². The monoisotopic (exact) mass is 280 g/mol. The maximum absolute atomic E-state index is 11.0. The molecule has 1 rings (SSSR count). The average molecular weight is 281 g/mol. The first-order valence-corrected chi connectivity index (χ1v) is 6.73. The molecule has 1 aromatic rings. The maximum Gasteiger partial charge on any atom is 0.330 e. The lowest BCUT2D eigenvalue weighted by Gasteiger charge is -2.22. The van der Waals surface area contributed by atoms with Crippen molar-refractivity contribution in [2.24, 2.45) is 0 Å². The lowest BCUT2D eigenvalue weighted by molar-refractivity contribution is -0.137. The molecule has 0 amide bonds. The van der Waals surface area contributed by atoms with Gasteiger partial charge < -0.3 is 4.74 Å². The van der Waals surface area contributed by atoms with E-state index in [2.05, 4.69) is 32.6 Å². The SMILES string of the molecule is C=CC(=O)OCCc1ccc(C(C)(C)Cl)c(C)c1C. The van der Waals surface area contributed by atoms with Gasteiger partial charge in [-0.1, -0.05) is 18.7 Å². The zero-order valence-corrected chi connectivity index (χ0v) is 12.8. The molecule has 19 heavy (non-hydrogen) atoms. The van der Waals surface area contributed by atoms with Crippen LogP contribution in [0, 0.1) is 13.8 Å². The van der Waals surface area contributed by atoms with Gasteiger partial charge in [-0.15, -0.1) is 11.6 Å². The average Bonchev–Trinajstić information content (AvgIpc) is 2.32. The number of halogens is 1. The summed E-state index contributed by atoms with van der Waals surface area (Å²) in [6.45, 7) is 11.9. The van der Waals surface area contributed by atoms with Crippen molar-refractivity contribution in [2.75, 3.05) is 6.61 Å². The summed E-state index contributed by atoms with van der Waals surface area (Å²) >= 11 is 6.37. The van der Waals surface area contributed by atoms with E-state index >= 15 is 0 Å². The van der Waals surface area contributed by atoms with Gasteiger partial charge in [0.25, 0.3) is 0 Å². The predicted molar refractivity (Wildman–Crippen MR) is 79.7 cm³/mol. The van der Waals surface area contributed by atoms with E-state index in [1.165, 1.54) is 22.8 Å². The number of hydrogen-bond donors (Lipinski definition) is 0. The fraction of sp³-hybridized carbons (Fsp3) is 0.438. The Balaban J connectivity index is 2.85. The molecular formula is C16H21ClO2. The number of carbonyl (C=O) groups excluding carboxylic acids is 1. The first-order chi connectivity index (χ1) is 8.77. The second-order valence-corrected chi connectivity index (χ2v) is 6.06. The fourth-order valence-electron chi connectivity index (χ4n) is 2.11. The van der Waals surface area contributed by atoms with E-state index < -0.39 is 0 Å².